The van der Waals surface area contributed by atoms with Crippen LogP contribution in [0.25, 0.3) is 0 Å². The number of non-ortho nitro benzene ring substituents is 1. The van der Waals surface area contributed by atoms with E-state index in [0.29, 0.717) is 6.42 Å². The summed E-state index contributed by atoms with van der Waals surface area (Å²) in [6.45, 7) is 2.06. The van der Waals surface area contributed by atoms with Crippen molar-refractivity contribution in [3.05, 3.63) is 50.5 Å². The molecule has 1 aromatic carbocycles. The molecular formula is C12H13N3O4S2. The Hall–Kier alpha value is -1.84. The van der Waals surface area contributed by atoms with Crippen molar-refractivity contribution >= 4 is 27.0 Å². The first kappa shape index (κ1) is 15.5. The second-order valence-electron chi connectivity index (χ2n) is 4.28. The number of rotatable bonds is 6. The Bertz CT molecular complexity index is 755. The van der Waals surface area contributed by atoms with Gasteiger partial charge in [0.1, 0.15) is 0 Å². The van der Waals surface area contributed by atoms with Crippen molar-refractivity contribution in [2.45, 2.75) is 18.2 Å². The molecule has 0 fully saturated rings. The number of hydrogen-bond acceptors (Lipinski definition) is 6. The molecule has 0 amide bonds. The average Bonchev–Trinajstić information content (AvgIpc) is 2.84. The molecule has 112 valence electrons. The van der Waals surface area contributed by atoms with Gasteiger partial charge in [-0.15, -0.1) is 11.3 Å². The quantitative estimate of drug-likeness (QED) is 0.644. The Morgan fingerprint density at radius 1 is 1.43 bits per heavy atom. The molecule has 0 bridgehead atoms. The van der Waals surface area contributed by atoms with Crippen LogP contribution in [0.5, 0.6) is 0 Å². The number of nitro benzene ring substituents is 1. The molecule has 9 heteroatoms. The zero-order chi connectivity index (χ0) is 15.5. The number of thiazole rings is 1. The maximum atomic E-state index is 12.1. The van der Waals surface area contributed by atoms with Gasteiger partial charge in [0.05, 0.1) is 14.8 Å². The molecule has 0 aliphatic rings. The van der Waals surface area contributed by atoms with Crippen LogP contribution in [0, 0.1) is 17.0 Å². The molecule has 0 aliphatic carbocycles. The summed E-state index contributed by atoms with van der Waals surface area (Å²) in [5.74, 6) is 0. The Morgan fingerprint density at radius 2 is 2.19 bits per heavy atom. The van der Waals surface area contributed by atoms with E-state index < -0.39 is 14.9 Å². The van der Waals surface area contributed by atoms with Gasteiger partial charge in [-0.1, -0.05) is 6.07 Å². The average molecular weight is 327 g/mol. The van der Waals surface area contributed by atoms with Crippen molar-refractivity contribution in [1.82, 2.24) is 9.71 Å². The summed E-state index contributed by atoms with van der Waals surface area (Å²) in [6, 6.07) is 4.95. The Balaban J connectivity index is 2.04. The van der Waals surface area contributed by atoms with E-state index in [9.17, 15) is 18.5 Å². The fourth-order valence-electron chi connectivity index (χ4n) is 1.66. The lowest BCUT2D eigenvalue weighted by Crippen LogP contribution is -2.26. The van der Waals surface area contributed by atoms with Crippen LogP contribution in [-0.4, -0.2) is 24.9 Å². The zero-order valence-corrected chi connectivity index (χ0v) is 12.8. The zero-order valence-electron chi connectivity index (χ0n) is 11.1. The fourth-order valence-corrected chi connectivity index (χ4v) is 3.50. The summed E-state index contributed by atoms with van der Waals surface area (Å²) in [5, 5.41) is 13.4. The molecule has 0 aliphatic heterocycles. The van der Waals surface area contributed by atoms with Gasteiger partial charge in [0.25, 0.3) is 5.69 Å². The minimum atomic E-state index is -3.76. The summed E-state index contributed by atoms with van der Waals surface area (Å²) in [4.78, 5) is 14.2. The lowest BCUT2D eigenvalue weighted by molar-refractivity contribution is -0.385. The van der Waals surface area contributed by atoms with Crippen molar-refractivity contribution in [3.63, 3.8) is 0 Å². The number of nitrogens with one attached hydrogen (secondary N) is 1. The molecule has 2 aromatic rings. The molecule has 0 saturated carbocycles. The van der Waals surface area contributed by atoms with Crippen molar-refractivity contribution in [2.24, 2.45) is 0 Å². The van der Waals surface area contributed by atoms with E-state index in [2.05, 4.69) is 9.71 Å². The van der Waals surface area contributed by atoms with Crippen LogP contribution in [0.15, 0.2) is 34.5 Å². The first-order chi connectivity index (χ1) is 9.88. The number of hydrogen-bond donors (Lipinski definition) is 1. The molecule has 1 heterocycles. The highest BCUT2D eigenvalue weighted by Crippen LogP contribution is 2.17. The highest BCUT2D eigenvalue weighted by molar-refractivity contribution is 7.89. The molecule has 0 radical (unpaired) electrons. The van der Waals surface area contributed by atoms with Gasteiger partial charge >= 0.3 is 0 Å². The first-order valence-electron chi connectivity index (χ1n) is 6.03. The smallest absolute Gasteiger partial charge is 0.258 e. The summed E-state index contributed by atoms with van der Waals surface area (Å²) >= 11 is 1.47. The fraction of sp³-hybridized carbons (Fsp3) is 0.250. The third-order valence-electron chi connectivity index (χ3n) is 2.64. The largest absolute Gasteiger partial charge is 0.270 e. The highest BCUT2D eigenvalue weighted by Gasteiger charge is 2.17. The van der Waals surface area contributed by atoms with Crippen LogP contribution in [-0.2, 0) is 16.4 Å². The standard InChI is InChI=1S/C12H13N3O4S2/c1-9-8-20-12(14-9)5-6-13-21(18,19)11-4-2-3-10(7-11)15(16)17/h2-4,7-8,13H,5-6H2,1H3. The van der Waals surface area contributed by atoms with E-state index in [4.69, 9.17) is 0 Å². The van der Waals surface area contributed by atoms with Gasteiger partial charge in [0.15, 0.2) is 0 Å². The van der Waals surface area contributed by atoms with Crippen LogP contribution >= 0.6 is 11.3 Å². The predicted octanol–water partition coefficient (Wildman–Crippen LogP) is 1.88. The molecule has 21 heavy (non-hydrogen) atoms. The number of nitro groups is 1. The number of aromatic nitrogens is 1. The molecular weight excluding hydrogens is 314 g/mol. The maximum absolute atomic E-state index is 12.1. The third kappa shape index (κ3) is 4.06. The normalized spacial score (nSPS) is 11.5. The number of sulfonamides is 1. The van der Waals surface area contributed by atoms with Gasteiger partial charge in [-0.2, -0.15) is 0 Å². The van der Waals surface area contributed by atoms with Gasteiger partial charge in [0, 0.05) is 36.2 Å². The summed E-state index contributed by atoms with van der Waals surface area (Å²) in [7, 11) is -3.76. The molecule has 2 rings (SSSR count). The van der Waals surface area contributed by atoms with Gasteiger partial charge in [-0.3, -0.25) is 10.1 Å². The van der Waals surface area contributed by atoms with Crippen LogP contribution in [0.1, 0.15) is 10.7 Å². The Morgan fingerprint density at radius 3 is 2.81 bits per heavy atom. The number of aryl methyl sites for hydroxylation is 1. The summed E-state index contributed by atoms with van der Waals surface area (Å²) < 4.78 is 26.5. The van der Waals surface area contributed by atoms with E-state index in [1.54, 1.807) is 0 Å². The monoisotopic (exact) mass is 327 g/mol. The van der Waals surface area contributed by atoms with Crippen molar-refractivity contribution < 1.29 is 13.3 Å². The van der Waals surface area contributed by atoms with Crippen molar-refractivity contribution in [1.29, 1.82) is 0 Å². The molecule has 7 nitrogen and oxygen atoms in total. The van der Waals surface area contributed by atoms with Gasteiger partial charge in [0.2, 0.25) is 10.0 Å². The number of nitrogens with zero attached hydrogens (tertiary/aromatic N) is 2. The minimum Gasteiger partial charge on any atom is -0.258 e. The SMILES string of the molecule is Cc1csc(CCNS(=O)(=O)c2cccc([N+](=O)[O-])c2)n1. The highest BCUT2D eigenvalue weighted by atomic mass is 32.2. The van der Waals surface area contributed by atoms with E-state index >= 15 is 0 Å². The van der Waals surface area contributed by atoms with E-state index in [0.717, 1.165) is 16.8 Å². The lowest BCUT2D eigenvalue weighted by atomic mass is 10.3. The summed E-state index contributed by atoms with van der Waals surface area (Å²) in [5.41, 5.74) is 0.643. The topological polar surface area (TPSA) is 102 Å². The Kier molecular flexibility index (Phi) is 4.66. The number of benzene rings is 1. The molecule has 0 saturated heterocycles. The van der Waals surface area contributed by atoms with Crippen LogP contribution in [0.4, 0.5) is 5.69 Å². The van der Waals surface area contributed by atoms with Crippen molar-refractivity contribution in [3.8, 4) is 0 Å². The molecule has 1 aromatic heterocycles. The van der Waals surface area contributed by atoms with Crippen molar-refractivity contribution in [2.75, 3.05) is 6.54 Å². The van der Waals surface area contributed by atoms with E-state index in [1.807, 2.05) is 12.3 Å². The third-order valence-corrected chi connectivity index (χ3v) is 5.12. The summed E-state index contributed by atoms with van der Waals surface area (Å²) in [6.07, 6.45) is 0.479. The molecule has 1 N–H and O–H groups in total. The molecule has 0 unspecified atom stereocenters. The lowest BCUT2D eigenvalue weighted by Gasteiger charge is -2.05. The van der Waals surface area contributed by atoms with E-state index in [-0.39, 0.29) is 17.1 Å². The van der Waals surface area contributed by atoms with Crippen LogP contribution in [0.3, 0.4) is 0 Å². The first-order valence-corrected chi connectivity index (χ1v) is 8.40. The second-order valence-corrected chi connectivity index (χ2v) is 6.99. The molecule has 0 spiro atoms. The van der Waals surface area contributed by atoms with E-state index in [1.165, 1.54) is 29.5 Å². The van der Waals surface area contributed by atoms with Crippen LogP contribution in [0.2, 0.25) is 0 Å². The van der Waals surface area contributed by atoms with Crippen LogP contribution < -0.4 is 4.72 Å². The Labute approximate surface area is 125 Å². The van der Waals surface area contributed by atoms with Gasteiger partial charge in [-0.05, 0) is 13.0 Å². The van der Waals surface area contributed by atoms with Gasteiger partial charge < -0.3 is 0 Å². The van der Waals surface area contributed by atoms with Gasteiger partial charge in [-0.25, -0.2) is 18.1 Å². The predicted molar refractivity (Wildman–Crippen MR) is 78.8 cm³/mol. The minimum absolute atomic E-state index is 0.119. The molecule has 0 atom stereocenters. The maximum Gasteiger partial charge on any atom is 0.270 e. The second kappa shape index (κ2) is 6.29.